The molecule has 156 valence electrons. The molecule has 1 heterocycles. The summed E-state index contributed by atoms with van der Waals surface area (Å²) in [5.41, 5.74) is 4.22. The van der Waals surface area contributed by atoms with Gasteiger partial charge in [0.15, 0.2) is 12.3 Å². The minimum atomic E-state index is -1.87. The van der Waals surface area contributed by atoms with E-state index in [9.17, 15) is 29.7 Å². The van der Waals surface area contributed by atoms with Crippen LogP contribution in [0.1, 0.15) is 26.7 Å². The van der Waals surface area contributed by atoms with Gasteiger partial charge in [0.05, 0.1) is 0 Å². The van der Waals surface area contributed by atoms with Crippen LogP contribution in [0.25, 0.3) is 0 Å². The third kappa shape index (κ3) is 6.50. The van der Waals surface area contributed by atoms with E-state index in [1.807, 2.05) is 6.92 Å². The molecule has 6 atom stereocenters. The van der Waals surface area contributed by atoms with E-state index >= 15 is 0 Å². The molecule has 0 unspecified atom stereocenters. The number of carboxylic acid groups (broad SMARTS) is 1. The van der Waals surface area contributed by atoms with E-state index < -0.39 is 54.2 Å². The summed E-state index contributed by atoms with van der Waals surface area (Å²) in [5, 5.41) is 40.2. The van der Waals surface area contributed by atoms with Gasteiger partial charge in [-0.15, -0.1) is 0 Å². The molecule has 27 heavy (non-hydrogen) atoms. The average Bonchev–Trinajstić information content (AvgIpc) is 2.59. The Morgan fingerprint density at radius 3 is 2.22 bits per heavy atom. The maximum atomic E-state index is 12.0. The number of carbonyl (C=O) groups excluding carboxylic acids is 2. The van der Waals surface area contributed by atoms with Crippen LogP contribution in [0.5, 0.6) is 0 Å². The van der Waals surface area contributed by atoms with Crippen molar-refractivity contribution in [1.29, 1.82) is 0 Å². The summed E-state index contributed by atoms with van der Waals surface area (Å²) >= 11 is 0. The van der Waals surface area contributed by atoms with Crippen LogP contribution in [0.3, 0.4) is 0 Å². The van der Waals surface area contributed by atoms with Crippen LogP contribution < -0.4 is 11.1 Å². The number of carbonyl (C=O) groups is 3. The average molecular weight is 394 g/mol. The molecular weight excluding hydrogens is 368 g/mol. The van der Waals surface area contributed by atoms with E-state index in [4.69, 9.17) is 25.1 Å². The van der Waals surface area contributed by atoms with E-state index in [1.165, 1.54) is 0 Å². The van der Waals surface area contributed by atoms with Gasteiger partial charge < -0.3 is 40.4 Å². The molecule has 1 rings (SSSR count). The van der Waals surface area contributed by atoms with Gasteiger partial charge in [-0.3, -0.25) is 5.32 Å². The molecule has 1 aliphatic heterocycles. The zero-order valence-corrected chi connectivity index (χ0v) is 15.0. The number of primary amides is 1. The Labute approximate surface area is 155 Å². The number of alkyl carbamates (subject to hydrolysis) is 1. The van der Waals surface area contributed by atoms with E-state index in [2.05, 4.69) is 5.32 Å². The van der Waals surface area contributed by atoms with Crippen molar-refractivity contribution < 1.29 is 49.0 Å². The van der Waals surface area contributed by atoms with Gasteiger partial charge in [0, 0.05) is 5.41 Å². The van der Waals surface area contributed by atoms with Gasteiger partial charge in [0.2, 0.25) is 0 Å². The molecule has 0 radical (unpaired) electrons. The summed E-state index contributed by atoms with van der Waals surface area (Å²) in [4.78, 5) is 33.8. The maximum absolute atomic E-state index is 12.0. The lowest BCUT2D eigenvalue weighted by Crippen LogP contribution is -2.64. The number of rotatable bonds is 8. The first-order valence-corrected chi connectivity index (χ1v) is 8.28. The highest BCUT2D eigenvalue weighted by atomic mass is 16.6. The van der Waals surface area contributed by atoms with Crippen molar-refractivity contribution in [3.05, 3.63) is 0 Å². The van der Waals surface area contributed by atoms with Gasteiger partial charge in [-0.25, -0.2) is 14.4 Å². The first kappa shape index (κ1) is 22.9. The quantitative estimate of drug-likeness (QED) is 0.282. The number of hydrogen-bond donors (Lipinski definition) is 6. The number of aliphatic carboxylic acids is 1. The van der Waals surface area contributed by atoms with Crippen LogP contribution in [0, 0.1) is 5.41 Å². The largest absolute Gasteiger partial charge is 0.479 e. The van der Waals surface area contributed by atoms with Crippen molar-refractivity contribution in [1.82, 2.24) is 5.32 Å². The first-order chi connectivity index (χ1) is 12.5. The monoisotopic (exact) mass is 394 g/mol. The number of aliphatic hydroxyl groups is 3. The topological polar surface area (TPSA) is 198 Å². The van der Waals surface area contributed by atoms with Gasteiger partial charge in [-0.05, 0) is 6.42 Å². The molecule has 0 spiro atoms. The second-order valence-corrected chi connectivity index (χ2v) is 6.68. The molecule has 0 aromatic heterocycles. The molecule has 12 heteroatoms. The Morgan fingerprint density at radius 1 is 1.11 bits per heavy atom. The Balaban J connectivity index is 2.66. The first-order valence-electron chi connectivity index (χ1n) is 8.28. The fraction of sp³-hybridized carbons (Fsp3) is 0.800. The smallest absolute Gasteiger partial charge is 0.409 e. The molecule has 0 aromatic rings. The Bertz CT molecular complexity index is 545. The molecule has 1 aliphatic rings. The fourth-order valence-corrected chi connectivity index (χ4v) is 2.64. The van der Waals surface area contributed by atoms with Crippen LogP contribution in [-0.2, 0) is 19.0 Å². The van der Waals surface area contributed by atoms with E-state index in [0.29, 0.717) is 12.8 Å². The van der Waals surface area contributed by atoms with Crippen LogP contribution in [0.15, 0.2) is 0 Å². The highest BCUT2D eigenvalue weighted by Crippen LogP contribution is 2.25. The second-order valence-electron chi connectivity index (χ2n) is 6.68. The molecule has 2 amide bonds. The van der Waals surface area contributed by atoms with Gasteiger partial charge >= 0.3 is 18.2 Å². The summed E-state index contributed by atoms with van der Waals surface area (Å²) in [5.74, 6) is -1.58. The summed E-state index contributed by atoms with van der Waals surface area (Å²) in [7, 11) is 0. The highest BCUT2D eigenvalue weighted by Gasteiger charge is 2.47. The van der Waals surface area contributed by atoms with Gasteiger partial charge in [0.25, 0.3) is 0 Å². The molecule has 0 aromatic carbocycles. The summed E-state index contributed by atoms with van der Waals surface area (Å²) < 4.78 is 14.7. The zero-order valence-electron chi connectivity index (χ0n) is 15.0. The highest BCUT2D eigenvalue weighted by molar-refractivity contribution is 5.73. The fourth-order valence-electron chi connectivity index (χ4n) is 2.64. The minimum Gasteiger partial charge on any atom is -0.479 e. The summed E-state index contributed by atoms with van der Waals surface area (Å²) in [6, 6.07) is 0. The number of aliphatic hydroxyl groups excluding tert-OH is 3. The maximum Gasteiger partial charge on any atom is 0.409 e. The van der Waals surface area contributed by atoms with E-state index in [0.717, 1.165) is 0 Å². The number of nitrogens with one attached hydrogen (secondary N) is 1. The number of nitrogens with two attached hydrogens (primary N) is 1. The molecule has 0 bridgehead atoms. The third-order valence-electron chi connectivity index (χ3n) is 4.09. The molecule has 12 nitrogen and oxygen atoms in total. The Hall–Kier alpha value is -2.15. The zero-order chi connectivity index (χ0) is 20.8. The van der Waals surface area contributed by atoms with Crippen LogP contribution in [-0.4, -0.2) is 82.4 Å². The SMILES string of the molecule is CCC[C@@](C)(COC(N)=O)COC(=O)N[C@@H]1O[C@H](C(=O)O)[C@@H](O)[C@H](O)[C@H]1O. The molecule has 1 saturated heterocycles. The van der Waals surface area contributed by atoms with Gasteiger partial charge in [-0.2, -0.15) is 0 Å². The predicted molar refractivity (Wildman–Crippen MR) is 87.4 cm³/mol. The summed E-state index contributed by atoms with van der Waals surface area (Å²) in [6.45, 7) is 3.33. The standard InChI is InChI=1S/C15H26N2O10/c1-3-4-15(2,5-25-13(16)23)6-26-14(24)17-11-9(20)7(18)8(19)10(27-11)12(21)22/h7-11,18-20H,3-6H2,1-2H3,(H2,16,23)(H,17,24)(H,21,22)/t7-,8-,9+,10-,11+,15-/m0/s1. The second kappa shape index (κ2) is 9.69. The van der Waals surface area contributed by atoms with Gasteiger partial charge in [0.1, 0.15) is 31.5 Å². The van der Waals surface area contributed by atoms with Crippen LogP contribution in [0.2, 0.25) is 0 Å². The number of hydrogen-bond acceptors (Lipinski definition) is 9. The Kier molecular flexibility index (Phi) is 8.21. The molecular formula is C15H26N2O10. The molecule has 0 saturated carbocycles. The molecule has 7 N–H and O–H groups in total. The van der Waals surface area contributed by atoms with Crippen molar-refractivity contribution in [2.24, 2.45) is 11.1 Å². The third-order valence-corrected chi connectivity index (χ3v) is 4.09. The number of ether oxygens (including phenoxy) is 3. The Morgan fingerprint density at radius 2 is 1.70 bits per heavy atom. The lowest BCUT2D eigenvalue weighted by molar-refractivity contribution is -0.232. The summed E-state index contributed by atoms with van der Waals surface area (Å²) in [6.07, 6.45) is -9.73. The number of carboxylic acids is 1. The van der Waals surface area contributed by atoms with E-state index in [1.54, 1.807) is 6.92 Å². The van der Waals surface area contributed by atoms with Crippen molar-refractivity contribution >= 4 is 18.2 Å². The minimum absolute atomic E-state index is 0.0853. The number of amides is 2. The van der Waals surface area contributed by atoms with Crippen molar-refractivity contribution in [2.45, 2.75) is 57.3 Å². The van der Waals surface area contributed by atoms with Crippen LogP contribution >= 0.6 is 0 Å². The van der Waals surface area contributed by atoms with Crippen molar-refractivity contribution in [3.63, 3.8) is 0 Å². The van der Waals surface area contributed by atoms with Crippen molar-refractivity contribution in [2.75, 3.05) is 13.2 Å². The van der Waals surface area contributed by atoms with Gasteiger partial charge in [-0.1, -0.05) is 20.3 Å². The predicted octanol–water partition coefficient (Wildman–Crippen LogP) is -1.49. The lowest BCUT2D eigenvalue weighted by Gasteiger charge is -2.38. The van der Waals surface area contributed by atoms with E-state index in [-0.39, 0.29) is 13.2 Å². The molecule has 1 fully saturated rings. The molecule has 0 aliphatic carbocycles. The van der Waals surface area contributed by atoms with Crippen LogP contribution in [0.4, 0.5) is 9.59 Å². The normalized spacial score (nSPS) is 30.0. The lowest BCUT2D eigenvalue weighted by atomic mass is 9.87. The van der Waals surface area contributed by atoms with Crippen molar-refractivity contribution in [3.8, 4) is 0 Å².